The largest absolute Gasteiger partial charge is 0.444 e. The van der Waals surface area contributed by atoms with E-state index in [1.165, 1.54) is 11.8 Å². The zero-order valence-corrected chi connectivity index (χ0v) is 17.7. The first kappa shape index (κ1) is 20.3. The zero-order valence-electron chi connectivity index (χ0n) is 16.9. The van der Waals surface area contributed by atoms with Gasteiger partial charge < -0.3 is 4.42 Å². The lowest BCUT2D eigenvalue weighted by molar-refractivity contribution is 0.250. The molecule has 0 bridgehead atoms. The van der Waals surface area contributed by atoms with Gasteiger partial charge in [-0.1, -0.05) is 29.8 Å². The summed E-state index contributed by atoms with van der Waals surface area (Å²) in [5, 5.41) is 0. The molecule has 3 rings (SSSR count). The van der Waals surface area contributed by atoms with E-state index in [2.05, 4.69) is 42.8 Å². The number of benzene rings is 2. The van der Waals surface area contributed by atoms with Crippen LogP contribution in [0.3, 0.4) is 0 Å². The van der Waals surface area contributed by atoms with Crippen LogP contribution in [-0.4, -0.2) is 31.6 Å². The molecule has 0 saturated heterocycles. The number of hydrogen-bond donors (Lipinski definition) is 0. The lowest BCUT2D eigenvalue weighted by Crippen LogP contribution is -2.22. The minimum absolute atomic E-state index is 0.106. The van der Waals surface area contributed by atoms with Crippen LogP contribution in [0.5, 0.6) is 0 Å². The molecule has 0 N–H and O–H groups in total. The van der Waals surface area contributed by atoms with Crippen LogP contribution in [0.25, 0.3) is 11.5 Å². The van der Waals surface area contributed by atoms with Gasteiger partial charge in [0.1, 0.15) is 6.26 Å². The van der Waals surface area contributed by atoms with Crippen LogP contribution in [0.1, 0.15) is 35.3 Å². The second kappa shape index (κ2) is 7.89. The second-order valence-corrected chi connectivity index (χ2v) is 9.41. The van der Waals surface area contributed by atoms with E-state index in [-0.39, 0.29) is 6.04 Å². The molecule has 0 radical (unpaired) electrons. The van der Waals surface area contributed by atoms with Gasteiger partial charge in [-0.05, 0) is 57.1 Å². The normalized spacial score (nSPS) is 13.1. The predicted octanol–water partition coefficient (Wildman–Crippen LogP) is 4.55. The van der Waals surface area contributed by atoms with Crippen LogP contribution in [0.4, 0.5) is 0 Å². The average molecular weight is 399 g/mol. The first-order valence-electron chi connectivity index (χ1n) is 9.17. The minimum Gasteiger partial charge on any atom is -0.444 e. The second-order valence-electron chi connectivity index (χ2n) is 7.39. The fraction of sp³-hybridized carbons (Fsp3) is 0.318. The molecule has 2 aromatic carbocycles. The highest BCUT2D eigenvalue weighted by molar-refractivity contribution is 7.90. The number of aryl methyl sites for hydroxylation is 2. The molecule has 3 aromatic rings. The third kappa shape index (κ3) is 4.51. The van der Waals surface area contributed by atoms with Gasteiger partial charge in [-0.25, -0.2) is 13.4 Å². The van der Waals surface area contributed by atoms with Crippen LogP contribution in [-0.2, 0) is 16.4 Å². The monoisotopic (exact) mass is 398 g/mol. The van der Waals surface area contributed by atoms with E-state index >= 15 is 0 Å². The molecule has 0 spiro atoms. The molecular formula is C22H26N2O3S. The molecule has 0 unspecified atom stereocenters. The predicted molar refractivity (Wildman–Crippen MR) is 111 cm³/mol. The molecular weight excluding hydrogens is 372 g/mol. The molecule has 1 aromatic heterocycles. The summed E-state index contributed by atoms with van der Waals surface area (Å²) in [6.45, 7) is 6.83. The summed E-state index contributed by atoms with van der Waals surface area (Å²) in [4.78, 5) is 7.13. The van der Waals surface area contributed by atoms with E-state index < -0.39 is 9.84 Å². The molecule has 0 aliphatic rings. The molecule has 6 heteroatoms. The smallest absolute Gasteiger partial charge is 0.226 e. The first-order chi connectivity index (χ1) is 13.1. The van der Waals surface area contributed by atoms with Crippen molar-refractivity contribution in [3.05, 3.63) is 71.1 Å². The summed E-state index contributed by atoms with van der Waals surface area (Å²) < 4.78 is 29.0. The van der Waals surface area contributed by atoms with E-state index in [1.54, 1.807) is 18.4 Å². The van der Waals surface area contributed by atoms with E-state index in [0.717, 1.165) is 22.4 Å². The van der Waals surface area contributed by atoms with Crippen LogP contribution in [0.2, 0.25) is 0 Å². The third-order valence-corrected chi connectivity index (χ3v) is 6.16. The van der Waals surface area contributed by atoms with E-state index in [4.69, 9.17) is 4.42 Å². The van der Waals surface area contributed by atoms with Crippen molar-refractivity contribution in [1.82, 2.24) is 9.88 Å². The Labute approximate surface area is 166 Å². The molecule has 1 heterocycles. The molecule has 5 nitrogen and oxygen atoms in total. The van der Waals surface area contributed by atoms with Crippen LogP contribution in [0.15, 0.2) is 58.0 Å². The lowest BCUT2D eigenvalue weighted by atomic mass is 10.1. The van der Waals surface area contributed by atoms with Crippen molar-refractivity contribution in [1.29, 1.82) is 0 Å². The first-order valence-corrected chi connectivity index (χ1v) is 11.1. The number of nitrogens with zero attached hydrogens (tertiary/aromatic N) is 2. The lowest BCUT2D eigenvalue weighted by Gasteiger charge is -2.24. The van der Waals surface area contributed by atoms with Gasteiger partial charge in [-0.2, -0.15) is 0 Å². The number of hydrogen-bond acceptors (Lipinski definition) is 5. The Morgan fingerprint density at radius 2 is 1.79 bits per heavy atom. The van der Waals surface area contributed by atoms with E-state index in [1.807, 2.05) is 25.2 Å². The van der Waals surface area contributed by atoms with Gasteiger partial charge in [0.2, 0.25) is 5.89 Å². The molecule has 0 amide bonds. The standard InChI is InChI=1S/C22H26N2O3S/c1-15-6-11-21(16(2)12-15)22-23-19(14-27-22)13-24(4)17(3)18-7-9-20(10-8-18)28(5,25)26/h6-12,14,17H,13H2,1-5H3/t17-/m0/s1. The number of oxazole rings is 1. The Kier molecular flexibility index (Phi) is 5.72. The molecule has 0 aliphatic carbocycles. The van der Waals surface area contributed by atoms with Gasteiger partial charge in [0.05, 0.1) is 10.6 Å². The van der Waals surface area contributed by atoms with Crippen molar-refractivity contribution in [2.75, 3.05) is 13.3 Å². The molecule has 148 valence electrons. The van der Waals surface area contributed by atoms with Gasteiger partial charge in [0.15, 0.2) is 9.84 Å². The topological polar surface area (TPSA) is 63.4 Å². The summed E-state index contributed by atoms with van der Waals surface area (Å²) in [5.74, 6) is 0.631. The fourth-order valence-corrected chi connectivity index (χ4v) is 3.83. The molecule has 1 atom stereocenters. The highest BCUT2D eigenvalue weighted by Crippen LogP contribution is 2.26. The van der Waals surface area contributed by atoms with Crippen molar-refractivity contribution < 1.29 is 12.8 Å². The molecule has 0 saturated carbocycles. The number of sulfone groups is 1. The van der Waals surface area contributed by atoms with E-state index in [0.29, 0.717) is 17.3 Å². The highest BCUT2D eigenvalue weighted by atomic mass is 32.2. The Balaban J connectivity index is 1.72. The van der Waals surface area contributed by atoms with Crippen molar-refractivity contribution in [3.63, 3.8) is 0 Å². The zero-order chi connectivity index (χ0) is 20.5. The third-order valence-electron chi connectivity index (χ3n) is 5.03. The molecule has 0 aliphatic heterocycles. The maximum atomic E-state index is 11.6. The molecule has 28 heavy (non-hydrogen) atoms. The number of aromatic nitrogens is 1. The Morgan fingerprint density at radius 1 is 1.11 bits per heavy atom. The van der Waals surface area contributed by atoms with Crippen molar-refractivity contribution in [3.8, 4) is 11.5 Å². The van der Waals surface area contributed by atoms with Gasteiger partial charge in [-0.15, -0.1) is 0 Å². The van der Waals surface area contributed by atoms with Crippen LogP contribution >= 0.6 is 0 Å². The summed E-state index contributed by atoms with van der Waals surface area (Å²) in [6.07, 6.45) is 2.92. The minimum atomic E-state index is -3.18. The summed E-state index contributed by atoms with van der Waals surface area (Å²) in [5.41, 5.74) is 5.26. The Hall–Kier alpha value is -2.44. The van der Waals surface area contributed by atoms with Gasteiger partial charge in [-0.3, -0.25) is 4.90 Å². The fourth-order valence-electron chi connectivity index (χ4n) is 3.20. The summed E-state index contributed by atoms with van der Waals surface area (Å²) >= 11 is 0. The van der Waals surface area contributed by atoms with Crippen LogP contribution in [0, 0.1) is 13.8 Å². The van der Waals surface area contributed by atoms with Gasteiger partial charge in [0, 0.05) is 24.4 Å². The maximum Gasteiger partial charge on any atom is 0.226 e. The number of rotatable bonds is 6. The van der Waals surface area contributed by atoms with Crippen molar-refractivity contribution in [2.24, 2.45) is 0 Å². The van der Waals surface area contributed by atoms with Gasteiger partial charge in [0.25, 0.3) is 0 Å². The average Bonchev–Trinajstić information content (AvgIpc) is 3.08. The quantitative estimate of drug-likeness (QED) is 0.609. The van der Waals surface area contributed by atoms with E-state index in [9.17, 15) is 8.42 Å². The maximum absolute atomic E-state index is 11.6. The van der Waals surface area contributed by atoms with Crippen molar-refractivity contribution in [2.45, 2.75) is 38.3 Å². The molecule has 0 fully saturated rings. The highest BCUT2D eigenvalue weighted by Gasteiger charge is 2.16. The van der Waals surface area contributed by atoms with Crippen LogP contribution < -0.4 is 0 Å². The summed E-state index contributed by atoms with van der Waals surface area (Å²) in [6, 6.07) is 13.4. The van der Waals surface area contributed by atoms with Gasteiger partial charge >= 0.3 is 0 Å². The Morgan fingerprint density at radius 3 is 2.39 bits per heavy atom. The van der Waals surface area contributed by atoms with Crippen molar-refractivity contribution >= 4 is 9.84 Å². The Bertz CT molecular complexity index is 1070. The summed E-state index contributed by atoms with van der Waals surface area (Å²) in [7, 11) is -1.17. The SMILES string of the molecule is Cc1ccc(-c2nc(CN(C)[C@@H](C)c3ccc(S(C)(=O)=O)cc3)co2)c(C)c1.